The summed E-state index contributed by atoms with van der Waals surface area (Å²) in [5, 5.41) is 12.2. The summed E-state index contributed by atoms with van der Waals surface area (Å²) in [6.45, 7) is 0. The van der Waals surface area contributed by atoms with Crippen molar-refractivity contribution in [1.82, 2.24) is 10.2 Å². The zero-order valence-electron chi connectivity index (χ0n) is 17.3. The van der Waals surface area contributed by atoms with Crippen molar-refractivity contribution in [3.05, 3.63) is 35.9 Å². The zero-order valence-corrected chi connectivity index (χ0v) is 19.2. The quantitative estimate of drug-likeness (QED) is 0.356. The molecule has 2 amide bonds. The molecule has 2 saturated heterocycles. The van der Waals surface area contributed by atoms with Crippen molar-refractivity contribution in [3.63, 3.8) is 0 Å². The number of amides is 2. The number of benzene rings is 1. The molecule has 0 aromatic heterocycles. The fourth-order valence-electron chi connectivity index (χ4n) is 4.52. The maximum atomic E-state index is 12.7. The summed E-state index contributed by atoms with van der Waals surface area (Å²) in [5.74, 6) is -1.70. The molecule has 0 radical (unpaired) electrons. The minimum atomic E-state index is -0.953. The zero-order chi connectivity index (χ0) is 19.2. The van der Waals surface area contributed by atoms with E-state index in [0.717, 1.165) is 32.1 Å². The first-order valence-corrected chi connectivity index (χ1v) is 10.2. The van der Waals surface area contributed by atoms with Crippen LogP contribution in [-0.2, 0) is 14.4 Å². The van der Waals surface area contributed by atoms with E-state index in [1.807, 2.05) is 6.07 Å². The molecular formula is C19H26N3NaO5S. The van der Waals surface area contributed by atoms with E-state index in [2.05, 4.69) is 5.32 Å². The van der Waals surface area contributed by atoms with Crippen LogP contribution in [0.15, 0.2) is 30.3 Å². The van der Waals surface area contributed by atoms with E-state index in [1.165, 1.54) is 4.90 Å². The predicted molar refractivity (Wildman–Crippen MR) is 105 cm³/mol. The van der Waals surface area contributed by atoms with Crippen LogP contribution < -0.4 is 40.6 Å². The number of fused-ring (bicyclic) bond motifs is 1. The minimum Gasteiger partial charge on any atom is -1.00 e. The van der Waals surface area contributed by atoms with Crippen molar-refractivity contribution in [2.45, 2.75) is 60.4 Å². The average Bonchev–Trinajstić information content (AvgIpc) is 2.97. The van der Waals surface area contributed by atoms with Crippen molar-refractivity contribution < 1.29 is 56.0 Å². The molecule has 2 heterocycles. The first-order valence-electron chi connectivity index (χ1n) is 9.28. The average molecular weight is 431 g/mol. The number of nitrogens with two attached hydrogens (primary N) is 1. The Kier molecular flexibility index (Phi) is 7.80. The number of rotatable bonds is 4. The molecule has 0 bridgehead atoms. The van der Waals surface area contributed by atoms with Gasteiger partial charge in [-0.1, -0.05) is 49.6 Å². The standard InChI is InChI=1S/C19H23N3O4S.Na.H2O.H/c20-12(11-7-3-1-4-8-11)15(23)21-13-16(24)22-14(18(25)26)19(27-17(13)22)9-5-2-6-10-19;;;/h1,3-4,7-8,12-14,17H,2,5-6,9-10,20H2,(H,21,23)(H,25,26);;1H2;/q;+1;;-1/t12?,13?,14?,17-;;;/m0.../s1. The van der Waals surface area contributed by atoms with Crippen molar-refractivity contribution in [2.24, 2.45) is 5.73 Å². The molecule has 1 aliphatic carbocycles. The Bertz CT molecular complexity index is 781. The molecular weight excluding hydrogens is 405 g/mol. The summed E-state index contributed by atoms with van der Waals surface area (Å²) < 4.78 is -0.439. The molecule has 4 rings (SSSR count). The molecule has 1 aromatic carbocycles. The summed E-state index contributed by atoms with van der Waals surface area (Å²) in [4.78, 5) is 38.6. The maximum Gasteiger partial charge on any atom is 1.00 e. The van der Waals surface area contributed by atoms with E-state index in [9.17, 15) is 19.5 Å². The van der Waals surface area contributed by atoms with Crippen LogP contribution in [0.1, 0.15) is 45.1 Å². The molecule has 1 saturated carbocycles. The van der Waals surface area contributed by atoms with Crippen molar-refractivity contribution in [3.8, 4) is 0 Å². The van der Waals surface area contributed by atoms with Crippen LogP contribution in [0, 0.1) is 0 Å². The van der Waals surface area contributed by atoms with Gasteiger partial charge in [-0.15, -0.1) is 11.8 Å². The van der Waals surface area contributed by atoms with Crippen molar-refractivity contribution in [1.29, 1.82) is 0 Å². The molecule has 10 heteroatoms. The number of nitrogens with one attached hydrogen (secondary N) is 1. The van der Waals surface area contributed by atoms with E-state index in [4.69, 9.17) is 5.73 Å². The van der Waals surface area contributed by atoms with Gasteiger partial charge in [0.1, 0.15) is 23.5 Å². The van der Waals surface area contributed by atoms with Crippen LogP contribution >= 0.6 is 11.8 Å². The van der Waals surface area contributed by atoms with Crippen LogP contribution in [0.5, 0.6) is 0 Å². The predicted octanol–water partition coefficient (Wildman–Crippen LogP) is -2.47. The van der Waals surface area contributed by atoms with Crippen LogP contribution in [-0.4, -0.2) is 55.5 Å². The van der Waals surface area contributed by atoms with Gasteiger partial charge in [-0.3, -0.25) is 9.59 Å². The molecule has 3 fully saturated rings. The summed E-state index contributed by atoms with van der Waals surface area (Å²) >= 11 is 1.55. The van der Waals surface area contributed by atoms with Gasteiger partial charge in [0.05, 0.1) is 0 Å². The smallest absolute Gasteiger partial charge is 1.00 e. The van der Waals surface area contributed by atoms with Crippen LogP contribution in [0.3, 0.4) is 0 Å². The fourth-order valence-corrected chi connectivity index (χ4v) is 6.53. The SMILES string of the molecule is NC(C(=O)NC1C(=O)N2C(C(=O)O)C3(CCCCC3)S[C@@H]12)c1ccccc1.O.[H-].[Na+]. The Morgan fingerprint density at radius 3 is 2.45 bits per heavy atom. The minimum absolute atomic E-state index is 0. The monoisotopic (exact) mass is 431 g/mol. The normalized spacial score (nSPS) is 27.7. The number of nitrogens with zero attached hydrogens (tertiary/aromatic N) is 1. The Balaban J connectivity index is 0.00000150. The van der Waals surface area contributed by atoms with Crippen LogP contribution in [0.4, 0.5) is 0 Å². The van der Waals surface area contributed by atoms with Crippen molar-refractivity contribution >= 4 is 29.5 Å². The van der Waals surface area contributed by atoms with Crippen LogP contribution in [0.2, 0.25) is 0 Å². The van der Waals surface area contributed by atoms with Gasteiger partial charge in [-0.05, 0) is 18.4 Å². The van der Waals surface area contributed by atoms with Gasteiger partial charge in [-0.25, -0.2) is 4.79 Å². The first kappa shape index (κ1) is 24.2. The number of carboxylic acids is 1. The van der Waals surface area contributed by atoms with E-state index in [0.29, 0.717) is 5.56 Å². The molecule has 8 nitrogen and oxygen atoms in total. The summed E-state index contributed by atoms with van der Waals surface area (Å²) in [7, 11) is 0. The van der Waals surface area contributed by atoms with Gasteiger partial charge < -0.3 is 28.0 Å². The molecule has 3 aliphatic rings. The molecule has 29 heavy (non-hydrogen) atoms. The fraction of sp³-hybridized carbons (Fsp3) is 0.526. The molecule has 4 atom stereocenters. The summed E-state index contributed by atoms with van der Waals surface area (Å²) in [6.07, 6.45) is 4.63. The number of carbonyl (C=O) groups is 3. The van der Waals surface area contributed by atoms with E-state index < -0.39 is 34.7 Å². The van der Waals surface area contributed by atoms with E-state index in [1.54, 1.807) is 36.0 Å². The number of carboxylic acid groups (broad SMARTS) is 1. The van der Waals surface area contributed by atoms with Gasteiger partial charge in [0.25, 0.3) is 0 Å². The molecule has 1 aromatic rings. The van der Waals surface area contributed by atoms with Gasteiger partial charge >= 0.3 is 35.5 Å². The number of thioether (sulfide) groups is 1. The van der Waals surface area contributed by atoms with E-state index in [-0.39, 0.29) is 47.7 Å². The number of aliphatic carboxylic acids is 1. The number of hydrogen-bond acceptors (Lipinski definition) is 5. The Morgan fingerprint density at radius 2 is 1.86 bits per heavy atom. The molecule has 6 N–H and O–H groups in total. The van der Waals surface area contributed by atoms with Gasteiger partial charge in [0.15, 0.2) is 0 Å². The second kappa shape index (κ2) is 9.36. The molecule has 1 spiro atoms. The molecule has 154 valence electrons. The molecule has 2 aliphatic heterocycles. The third-order valence-electron chi connectivity index (χ3n) is 5.88. The number of hydrogen-bond donors (Lipinski definition) is 3. The third kappa shape index (κ3) is 4.08. The number of β-lactam (4-membered cyclic amide) rings is 1. The van der Waals surface area contributed by atoms with Gasteiger partial charge in [-0.2, -0.15) is 0 Å². The summed E-state index contributed by atoms with van der Waals surface area (Å²) in [6, 6.07) is 6.59. The van der Waals surface area contributed by atoms with Crippen molar-refractivity contribution in [2.75, 3.05) is 0 Å². The molecule has 3 unspecified atom stereocenters. The van der Waals surface area contributed by atoms with Gasteiger partial charge in [0.2, 0.25) is 11.8 Å². The van der Waals surface area contributed by atoms with Crippen LogP contribution in [0.25, 0.3) is 0 Å². The largest absolute Gasteiger partial charge is 1.00 e. The topological polar surface area (TPSA) is 144 Å². The number of carbonyl (C=O) groups excluding carboxylic acids is 2. The second-order valence-corrected chi connectivity index (χ2v) is 9.03. The second-order valence-electron chi connectivity index (χ2n) is 7.49. The Labute approximate surface area is 197 Å². The first-order chi connectivity index (χ1) is 12.9. The third-order valence-corrected chi connectivity index (χ3v) is 7.73. The van der Waals surface area contributed by atoms with Gasteiger partial charge in [0, 0.05) is 4.75 Å². The Hall–Kier alpha value is -1.10. The maximum absolute atomic E-state index is 12.7. The Morgan fingerprint density at radius 1 is 1.24 bits per heavy atom. The summed E-state index contributed by atoms with van der Waals surface area (Å²) in [5.41, 5.74) is 6.69. The van der Waals surface area contributed by atoms with E-state index >= 15 is 0 Å².